The second-order valence-corrected chi connectivity index (χ2v) is 7.32. The van der Waals surface area contributed by atoms with Crippen molar-refractivity contribution < 1.29 is 9.53 Å². The van der Waals surface area contributed by atoms with Gasteiger partial charge in [0.05, 0.1) is 5.54 Å². The van der Waals surface area contributed by atoms with E-state index in [1.54, 1.807) is 0 Å². The number of benzene rings is 1. The van der Waals surface area contributed by atoms with Gasteiger partial charge in [-0.25, -0.2) is 4.79 Å². The van der Waals surface area contributed by atoms with Crippen LogP contribution in [-0.4, -0.2) is 11.7 Å². The summed E-state index contributed by atoms with van der Waals surface area (Å²) in [7, 11) is 0. The molecule has 1 amide bonds. The van der Waals surface area contributed by atoms with Crippen LogP contribution in [0, 0.1) is 3.57 Å². The fourth-order valence-electron chi connectivity index (χ4n) is 2.28. The minimum Gasteiger partial charge on any atom is -0.444 e. The third-order valence-corrected chi connectivity index (χ3v) is 4.06. The molecule has 0 aliphatic heterocycles. The lowest BCUT2D eigenvalue weighted by Crippen LogP contribution is -2.52. The van der Waals surface area contributed by atoms with Crippen molar-refractivity contribution in [3.05, 3.63) is 33.4 Å². The van der Waals surface area contributed by atoms with Crippen LogP contribution in [0.3, 0.4) is 0 Å². The fourth-order valence-corrected chi connectivity index (χ4v) is 2.64. The van der Waals surface area contributed by atoms with Crippen LogP contribution >= 0.6 is 22.6 Å². The predicted octanol–water partition coefficient (Wildman–Crippen LogP) is 4.20. The first-order chi connectivity index (χ1) is 8.81. The van der Waals surface area contributed by atoms with Crippen LogP contribution in [0.25, 0.3) is 0 Å². The molecule has 4 heteroatoms. The maximum Gasteiger partial charge on any atom is 0.408 e. The minimum atomic E-state index is -0.457. The number of hydrogen-bond acceptors (Lipinski definition) is 2. The smallest absolute Gasteiger partial charge is 0.408 e. The van der Waals surface area contributed by atoms with Gasteiger partial charge in [-0.3, -0.25) is 0 Å². The molecule has 1 aromatic carbocycles. The van der Waals surface area contributed by atoms with Gasteiger partial charge < -0.3 is 10.1 Å². The Bertz CT molecular complexity index is 458. The number of halogens is 1. The quantitative estimate of drug-likeness (QED) is 0.790. The van der Waals surface area contributed by atoms with E-state index in [1.807, 2.05) is 20.8 Å². The van der Waals surface area contributed by atoms with Gasteiger partial charge in [-0.1, -0.05) is 12.1 Å². The van der Waals surface area contributed by atoms with Crippen molar-refractivity contribution in [2.75, 3.05) is 0 Å². The van der Waals surface area contributed by atoms with E-state index >= 15 is 0 Å². The number of amides is 1. The van der Waals surface area contributed by atoms with Gasteiger partial charge in [0.1, 0.15) is 5.60 Å². The first kappa shape index (κ1) is 14.6. The SMILES string of the molecule is CC(C)(C)OC(=O)NC1(c2ccc(I)cc2)CCC1. The van der Waals surface area contributed by atoms with E-state index in [4.69, 9.17) is 4.74 Å². The molecule has 0 atom stereocenters. The Balaban J connectivity index is 2.11. The van der Waals surface area contributed by atoms with Gasteiger partial charge in [-0.15, -0.1) is 0 Å². The molecule has 1 N–H and O–H groups in total. The molecule has 1 aromatic rings. The second-order valence-electron chi connectivity index (χ2n) is 6.07. The number of ether oxygens (including phenoxy) is 1. The Morgan fingerprint density at radius 3 is 2.26 bits per heavy atom. The molecular formula is C15H20INO2. The molecule has 3 nitrogen and oxygen atoms in total. The van der Waals surface area contributed by atoms with E-state index in [2.05, 4.69) is 52.2 Å². The first-order valence-electron chi connectivity index (χ1n) is 6.58. The summed E-state index contributed by atoms with van der Waals surface area (Å²) >= 11 is 2.29. The van der Waals surface area contributed by atoms with Gasteiger partial charge >= 0.3 is 6.09 Å². The largest absolute Gasteiger partial charge is 0.444 e. The van der Waals surface area contributed by atoms with Crippen LogP contribution in [0.2, 0.25) is 0 Å². The van der Waals surface area contributed by atoms with Crippen molar-refractivity contribution in [3.63, 3.8) is 0 Å². The Morgan fingerprint density at radius 2 is 1.84 bits per heavy atom. The predicted molar refractivity (Wildman–Crippen MR) is 84.1 cm³/mol. The summed E-state index contributed by atoms with van der Waals surface area (Å²) in [6.45, 7) is 5.64. The molecule has 104 valence electrons. The Kier molecular flexibility index (Phi) is 4.08. The molecule has 0 saturated heterocycles. The molecular weight excluding hydrogens is 353 g/mol. The Morgan fingerprint density at radius 1 is 1.26 bits per heavy atom. The maximum atomic E-state index is 12.0. The molecule has 1 saturated carbocycles. The first-order valence-corrected chi connectivity index (χ1v) is 7.66. The van der Waals surface area contributed by atoms with Gasteiger partial charge in [-0.2, -0.15) is 0 Å². The van der Waals surface area contributed by atoms with Gasteiger partial charge in [0.2, 0.25) is 0 Å². The number of alkyl carbamates (subject to hydrolysis) is 1. The fraction of sp³-hybridized carbons (Fsp3) is 0.533. The molecule has 1 fully saturated rings. The number of hydrogen-bond donors (Lipinski definition) is 1. The lowest BCUT2D eigenvalue weighted by Gasteiger charge is -2.43. The maximum absolute atomic E-state index is 12.0. The summed E-state index contributed by atoms with van der Waals surface area (Å²) < 4.78 is 6.56. The summed E-state index contributed by atoms with van der Waals surface area (Å²) in [5.74, 6) is 0. The summed E-state index contributed by atoms with van der Waals surface area (Å²) in [6.07, 6.45) is 2.77. The monoisotopic (exact) mass is 373 g/mol. The number of nitrogens with one attached hydrogen (secondary N) is 1. The third kappa shape index (κ3) is 3.61. The highest BCUT2D eigenvalue weighted by Gasteiger charge is 2.41. The molecule has 1 aliphatic carbocycles. The minimum absolute atomic E-state index is 0.229. The van der Waals surface area contributed by atoms with Crippen LogP contribution in [-0.2, 0) is 10.3 Å². The molecule has 0 unspecified atom stereocenters. The summed E-state index contributed by atoms with van der Waals surface area (Å²) in [6, 6.07) is 8.34. The zero-order chi connectivity index (χ0) is 14.1. The second kappa shape index (κ2) is 5.31. The Hall–Kier alpha value is -0.780. The van der Waals surface area contributed by atoms with E-state index in [1.165, 1.54) is 9.13 Å². The van der Waals surface area contributed by atoms with Gasteiger partial charge in [0.15, 0.2) is 0 Å². The third-order valence-electron chi connectivity index (χ3n) is 3.34. The molecule has 2 rings (SSSR count). The molecule has 1 aliphatic rings. The summed E-state index contributed by atoms with van der Waals surface area (Å²) in [5, 5.41) is 3.06. The van der Waals surface area contributed by atoms with Crippen molar-refractivity contribution in [1.82, 2.24) is 5.32 Å². The molecule has 0 radical (unpaired) electrons. The van der Waals surface area contributed by atoms with Crippen molar-refractivity contribution in [2.24, 2.45) is 0 Å². The molecule has 0 aromatic heterocycles. The zero-order valence-corrected chi connectivity index (χ0v) is 13.8. The number of rotatable bonds is 2. The normalized spacial score (nSPS) is 17.5. The number of carbonyl (C=O) groups is 1. The average molecular weight is 373 g/mol. The highest BCUT2D eigenvalue weighted by molar-refractivity contribution is 14.1. The average Bonchev–Trinajstić information content (AvgIpc) is 2.22. The molecule has 19 heavy (non-hydrogen) atoms. The van der Waals surface area contributed by atoms with Crippen LogP contribution in [0.1, 0.15) is 45.6 Å². The van der Waals surface area contributed by atoms with Crippen molar-refractivity contribution in [3.8, 4) is 0 Å². The van der Waals surface area contributed by atoms with Crippen LogP contribution in [0.4, 0.5) is 4.79 Å². The molecule has 0 heterocycles. The molecule has 0 bridgehead atoms. The number of carbonyl (C=O) groups excluding carboxylic acids is 1. The van der Waals surface area contributed by atoms with Crippen LogP contribution < -0.4 is 5.32 Å². The summed E-state index contributed by atoms with van der Waals surface area (Å²) in [5.41, 5.74) is 0.485. The van der Waals surface area contributed by atoms with E-state index in [9.17, 15) is 4.79 Å². The topological polar surface area (TPSA) is 38.3 Å². The highest BCUT2D eigenvalue weighted by atomic mass is 127. The standard InChI is InChI=1S/C15H20INO2/c1-14(2,3)19-13(18)17-15(9-4-10-15)11-5-7-12(16)8-6-11/h5-8H,4,9-10H2,1-3H3,(H,17,18). The van der Waals surface area contributed by atoms with E-state index in [0.29, 0.717) is 0 Å². The van der Waals surface area contributed by atoms with E-state index in [-0.39, 0.29) is 11.6 Å². The van der Waals surface area contributed by atoms with Crippen LogP contribution in [0.15, 0.2) is 24.3 Å². The van der Waals surface area contributed by atoms with Crippen LogP contribution in [0.5, 0.6) is 0 Å². The van der Waals surface area contributed by atoms with E-state index in [0.717, 1.165) is 19.3 Å². The lowest BCUT2D eigenvalue weighted by atomic mass is 9.72. The van der Waals surface area contributed by atoms with Gasteiger partial charge in [0, 0.05) is 3.57 Å². The van der Waals surface area contributed by atoms with E-state index < -0.39 is 5.60 Å². The van der Waals surface area contributed by atoms with Crippen molar-refractivity contribution in [1.29, 1.82) is 0 Å². The van der Waals surface area contributed by atoms with Crippen molar-refractivity contribution >= 4 is 28.7 Å². The van der Waals surface area contributed by atoms with Crippen molar-refractivity contribution in [2.45, 2.75) is 51.2 Å². The zero-order valence-electron chi connectivity index (χ0n) is 11.6. The van der Waals surface area contributed by atoms with Gasteiger partial charge in [-0.05, 0) is 80.3 Å². The Labute approximate surface area is 128 Å². The van der Waals surface area contributed by atoms with Gasteiger partial charge in [0.25, 0.3) is 0 Å². The highest BCUT2D eigenvalue weighted by Crippen LogP contribution is 2.41. The summed E-state index contributed by atoms with van der Waals surface area (Å²) in [4.78, 5) is 12.0. The molecule has 0 spiro atoms. The lowest BCUT2D eigenvalue weighted by molar-refractivity contribution is 0.0377.